The number of guanidine groups is 1. The first-order valence-corrected chi connectivity index (χ1v) is 9.97. The molecule has 0 aliphatic heterocycles. The zero-order valence-corrected chi connectivity index (χ0v) is 16.9. The van der Waals surface area contributed by atoms with Crippen LogP contribution in [0.3, 0.4) is 0 Å². The number of hydrogen-bond donors (Lipinski definition) is 4. The molecule has 1 aliphatic rings. The highest BCUT2D eigenvalue weighted by molar-refractivity contribution is 5.96. The third-order valence-electron chi connectivity index (χ3n) is 5.69. The number of rotatable bonds is 5. The molecule has 1 aliphatic carbocycles. The van der Waals surface area contributed by atoms with E-state index in [1.54, 1.807) is 25.4 Å². The lowest BCUT2D eigenvalue weighted by molar-refractivity contribution is 0.0931. The Morgan fingerprint density at radius 2 is 2.00 bits per heavy atom. The van der Waals surface area contributed by atoms with Crippen LogP contribution in [0.4, 0.5) is 0 Å². The molecule has 156 valence electrons. The van der Waals surface area contributed by atoms with Gasteiger partial charge >= 0.3 is 0 Å². The average Bonchev–Trinajstić information content (AvgIpc) is 2.79. The van der Waals surface area contributed by atoms with E-state index >= 15 is 0 Å². The molecule has 1 aromatic carbocycles. The molecule has 0 unspecified atom stereocenters. The number of carbonyl (C=O) groups excluding carboxylic acids is 1. The summed E-state index contributed by atoms with van der Waals surface area (Å²) >= 11 is 0. The molecule has 0 spiro atoms. The van der Waals surface area contributed by atoms with Crippen LogP contribution in [0.1, 0.15) is 41.6 Å². The maximum Gasteiger partial charge on any atom is 0.256 e. The van der Waals surface area contributed by atoms with Crippen LogP contribution < -0.4 is 16.0 Å². The van der Waals surface area contributed by atoms with Crippen molar-refractivity contribution in [1.29, 1.82) is 5.26 Å². The Morgan fingerprint density at radius 1 is 1.27 bits per heavy atom. The van der Waals surface area contributed by atoms with Crippen LogP contribution in [0.5, 0.6) is 5.88 Å². The highest BCUT2D eigenvalue weighted by atomic mass is 16.3. The number of aliphatic imine (C=N–C) groups is 1. The minimum Gasteiger partial charge on any atom is -0.493 e. The molecule has 0 saturated heterocycles. The van der Waals surface area contributed by atoms with Crippen molar-refractivity contribution in [2.75, 3.05) is 13.6 Å². The minimum absolute atomic E-state index is 0.169. The van der Waals surface area contributed by atoms with Gasteiger partial charge in [-0.1, -0.05) is 30.3 Å². The number of pyridine rings is 1. The van der Waals surface area contributed by atoms with E-state index in [9.17, 15) is 9.90 Å². The molecule has 30 heavy (non-hydrogen) atoms. The molecule has 8 nitrogen and oxygen atoms in total. The maximum atomic E-state index is 12.6. The van der Waals surface area contributed by atoms with Gasteiger partial charge in [0.2, 0.25) is 18.0 Å². The molecule has 1 amide bonds. The van der Waals surface area contributed by atoms with Crippen molar-refractivity contribution in [3.63, 3.8) is 0 Å². The van der Waals surface area contributed by atoms with Crippen LogP contribution in [-0.2, 0) is 5.41 Å². The Labute approximate surface area is 176 Å². The quantitative estimate of drug-likeness (QED) is 0.342. The van der Waals surface area contributed by atoms with Gasteiger partial charge in [-0.25, -0.2) is 4.98 Å². The second-order valence-corrected chi connectivity index (χ2v) is 7.43. The Balaban J connectivity index is 1.73. The summed E-state index contributed by atoms with van der Waals surface area (Å²) in [7, 11) is 1.73. The molecule has 1 aromatic heterocycles. The van der Waals surface area contributed by atoms with E-state index in [-0.39, 0.29) is 28.8 Å². The first-order chi connectivity index (χ1) is 14.6. The van der Waals surface area contributed by atoms with E-state index in [4.69, 9.17) is 5.26 Å². The number of aromatic hydroxyl groups is 1. The summed E-state index contributed by atoms with van der Waals surface area (Å²) < 4.78 is 0. The standard InChI is InChI=1S/C22H26N6O2/c1-24-21(27-15-23)28-17-9-11-22(12-10-17,16-6-3-2-4-7-16)14-26-20(30)18-8-5-13-25-19(18)29/h2-8,13,17H,9-12,14H2,1H3,(H,25,29)(H,26,30)(H2,24,27,28)/t17-,22-. The van der Waals surface area contributed by atoms with Gasteiger partial charge in [-0.05, 0) is 43.4 Å². The molecule has 1 heterocycles. The van der Waals surface area contributed by atoms with Crippen molar-refractivity contribution in [2.45, 2.75) is 37.1 Å². The summed E-state index contributed by atoms with van der Waals surface area (Å²) in [5, 5.41) is 27.8. The predicted octanol–water partition coefficient (Wildman–Crippen LogP) is 2.04. The first-order valence-electron chi connectivity index (χ1n) is 9.97. The van der Waals surface area contributed by atoms with Gasteiger partial charge < -0.3 is 21.1 Å². The summed E-state index contributed by atoms with van der Waals surface area (Å²) in [6, 6.07) is 13.6. The number of nitrogens with zero attached hydrogens (tertiary/aromatic N) is 3. The van der Waals surface area contributed by atoms with Crippen molar-refractivity contribution in [3.05, 3.63) is 59.8 Å². The van der Waals surface area contributed by atoms with Gasteiger partial charge in [-0.15, -0.1) is 4.99 Å². The molecular formula is C22H26N6O2. The second-order valence-electron chi connectivity index (χ2n) is 7.43. The van der Waals surface area contributed by atoms with Crippen molar-refractivity contribution in [3.8, 4) is 12.1 Å². The summed E-state index contributed by atoms with van der Waals surface area (Å²) in [6.45, 7) is 0.460. The number of nitriles is 1. The highest BCUT2D eigenvalue weighted by Gasteiger charge is 2.37. The number of hydrogen-bond acceptors (Lipinski definition) is 5. The largest absolute Gasteiger partial charge is 0.493 e. The zero-order valence-electron chi connectivity index (χ0n) is 16.9. The normalized spacial score (nSPS) is 21.3. The van der Waals surface area contributed by atoms with Gasteiger partial charge in [0.05, 0.1) is 0 Å². The van der Waals surface area contributed by atoms with Gasteiger partial charge in [-0.3, -0.25) is 4.79 Å². The smallest absolute Gasteiger partial charge is 0.256 e. The van der Waals surface area contributed by atoms with Crippen LogP contribution in [-0.4, -0.2) is 41.6 Å². The van der Waals surface area contributed by atoms with E-state index in [0.29, 0.717) is 12.5 Å². The average molecular weight is 406 g/mol. The lowest BCUT2D eigenvalue weighted by Crippen LogP contribution is -2.49. The van der Waals surface area contributed by atoms with Crippen LogP contribution in [0.25, 0.3) is 0 Å². The fraction of sp³-hybridized carbons (Fsp3) is 0.364. The van der Waals surface area contributed by atoms with Gasteiger partial charge in [0, 0.05) is 31.2 Å². The first kappa shape index (κ1) is 21.1. The molecule has 1 fully saturated rings. The lowest BCUT2D eigenvalue weighted by atomic mass is 9.68. The summed E-state index contributed by atoms with van der Waals surface area (Å²) in [5.74, 6) is -0.141. The molecular weight excluding hydrogens is 380 g/mol. The zero-order chi connectivity index (χ0) is 21.4. The summed E-state index contributed by atoms with van der Waals surface area (Å²) in [6.07, 6.45) is 6.70. The summed E-state index contributed by atoms with van der Waals surface area (Å²) in [5.41, 5.74) is 1.14. The third kappa shape index (κ3) is 4.87. The van der Waals surface area contributed by atoms with Crippen molar-refractivity contribution < 1.29 is 9.90 Å². The molecule has 2 aromatic rings. The number of benzene rings is 1. The maximum absolute atomic E-state index is 12.6. The lowest BCUT2D eigenvalue weighted by Gasteiger charge is -2.41. The van der Waals surface area contributed by atoms with Crippen molar-refractivity contribution in [2.24, 2.45) is 4.99 Å². The fourth-order valence-electron chi connectivity index (χ4n) is 4.00. The van der Waals surface area contributed by atoms with Gasteiger partial charge in [0.25, 0.3) is 5.91 Å². The van der Waals surface area contributed by atoms with E-state index in [2.05, 4.69) is 38.1 Å². The second kappa shape index (κ2) is 9.74. The van der Waals surface area contributed by atoms with Crippen LogP contribution >= 0.6 is 0 Å². The van der Waals surface area contributed by atoms with Crippen LogP contribution in [0.15, 0.2) is 53.7 Å². The van der Waals surface area contributed by atoms with E-state index in [1.807, 2.05) is 18.2 Å². The van der Waals surface area contributed by atoms with Gasteiger partial charge in [-0.2, -0.15) is 5.26 Å². The number of nitrogens with one attached hydrogen (secondary N) is 3. The highest BCUT2D eigenvalue weighted by Crippen LogP contribution is 2.39. The number of aromatic nitrogens is 1. The fourth-order valence-corrected chi connectivity index (χ4v) is 4.00. The van der Waals surface area contributed by atoms with Gasteiger partial charge in [0.1, 0.15) is 5.56 Å². The van der Waals surface area contributed by atoms with Gasteiger partial charge in [0.15, 0.2) is 0 Å². The summed E-state index contributed by atoms with van der Waals surface area (Å²) in [4.78, 5) is 20.1. The van der Waals surface area contributed by atoms with Crippen molar-refractivity contribution in [1.82, 2.24) is 20.9 Å². The Bertz CT molecular complexity index is 930. The molecule has 3 rings (SSSR count). The Morgan fingerprint density at radius 3 is 2.63 bits per heavy atom. The molecule has 8 heteroatoms. The van der Waals surface area contributed by atoms with Crippen LogP contribution in [0, 0.1) is 11.5 Å². The van der Waals surface area contributed by atoms with E-state index in [1.165, 1.54) is 11.8 Å². The molecule has 0 radical (unpaired) electrons. The molecule has 0 atom stereocenters. The minimum atomic E-state index is -0.338. The third-order valence-corrected chi connectivity index (χ3v) is 5.69. The van der Waals surface area contributed by atoms with Crippen molar-refractivity contribution >= 4 is 11.9 Å². The molecule has 4 N–H and O–H groups in total. The monoisotopic (exact) mass is 406 g/mol. The molecule has 0 bridgehead atoms. The SMILES string of the molecule is CN/C(=N\C#N)N[C@H]1CC[C@](CNC(=O)c2cccnc2O)(c2ccccc2)CC1. The Hall–Kier alpha value is -3.60. The molecule has 1 saturated carbocycles. The van der Waals surface area contributed by atoms with E-state index < -0.39 is 0 Å². The van der Waals surface area contributed by atoms with E-state index in [0.717, 1.165) is 25.7 Å². The van der Waals surface area contributed by atoms with Crippen LogP contribution in [0.2, 0.25) is 0 Å². The number of carbonyl (C=O) groups is 1. The predicted molar refractivity (Wildman–Crippen MR) is 114 cm³/mol. The topological polar surface area (TPSA) is 122 Å². The number of amides is 1. The Kier molecular flexibility index (Phi) is 6.86.